The lowest BCUT2D eigenvalue weighted by Crippen LogP contribution is -2.25. The summed E-state index contributed by atoms with van der Waals surface area (Å²) in [6.45, 7) is 3.39. The lowest BCUT2D eigenvalue weighted by molar-refractivity contribution is -0.145. The zero-order valence-corrected chi connectivity index (χ0v) is 21.3. The van der Waals surface area contributed by atoms with Gasteiger partial charge in [0.15, 0.2) is 0 Å². The largest absolute Gasteiger partial charge is 0.466 e. The van der Waals surface area contributed by atoms with Crippen molar-refractivity contribution in [2.75, 3.05) is 13.2 Å². The lowest BCUT2D eigenvalue weighted by atomic mass is 10.0. The minimum Gasteiger partial charge on any atom is -0.466 e. The Morgan fingerprint density at radius 1 is 0.697 bits per heavy atom. The number of esters is 1. The molecule has 4 nitrogen and oxygen atoms in total. The molecule has 188 valence electrons. The highest BCUT2D eigenvalue weighted by molar-refractivity contribution is 5.81. The van der Waals surface area contributed by atoms with E-state index in [2.05, 4.69) is 24.4 Å². The first-order valence-electron chi connectivity index (χ1n) is 13.7. The van der Waals surface area contributed by atoms with Gasteiger partial charge in [-0.05, 0) is 24.8 Å². The minimum atomic E-state index is -0.283. The van der Waals surface area contributed by atoms with E-state index < -0.39 is 0 Å². The molecule has 0 atom stereocenters. The van der Waals surface area contributed by atoms with Crippen molar-refractivity contribution in [3.05, 3.63) is 35.9 Å². The molecular weight excluding hydrogens is 410 g/mol. The van der Waals surface area contributed by atoms with Crippen LogP contribution in [0.2, 0.25) is 0 Å². The Balaban J connectivity index is 1.80. The Kier molecular flexibility index (Phi) is 19.4. The van der Waals surface area contributed by atoms with Crippen LogP contribution in [-0.4, -0.2) is 25.0 Å². The monoisotopic (exact) mass is 459 g/mol. The third-order valence-corrected chi connectivity index (χ3v) is 6.12. The molecule has 0 aliphatic carbocycles. The normalized spacial score (nSPS) is 10.8. The molecule has 1 N–H and O–H groups in total. The molecule has 0 spiro atoms. The number of nitrogens with one attached hydrogen (secondary N) is 1. The van der Waals surface area contributed by atoms with Crippen LogP contribution in [0, 0.1) is 0 Å². The summed E-state index contributed by atoms with van der Waals surface area (Å²) in [7, 11) is 0. The van der Waals surface area contributed by atoms with E-state index in [-0.39, 0.29) is 24.7 Å². The van der Waals surface area contributed by atoms with E-state index in [0.717, 1.165) is 19.3 Å². The van der Waals surface area contributed by atoms with Crippen LogP contribution < -0.4 is 5.32 Å². The van der Waals surface area contributed by atoms with Crippen molar-refractivity contribution >= 4 is 11.9 Å². The second-order valence-corrected chi connectivity index (χ2v) is 9.26. The van der Waals surface area contributed by atoms with Gasteiger partial charge in [-0.15, -0.1) is 0 Å². The van der Waals surface area contributed by atoms with E-state index in [4.69, 9.17) is 4.74 Å². The summed E-state index contributed by atoms with van der Waals surface area (Å²) in [5.74, 6) is -0.333. The number of aryl methyl sites for hydroxylation is 1. The highest BCUT2D eigenvalue weighted by Crippen LogP contribution is 2.12. The molecule has 0 radical (unpaired) electrons. The summed E-state index contributed by atoms with van der Waals surface area (Å²) in [6, 6.07) is 10.2. The fourth-order valence-corrected chi connectivity index (χ4v) is 4.03. The third-order valence-electron chi connectivity index (χ3n) is 6.12. The van der Waals surface area contributed by atoms with Crippen LogP contribution in [0.5, 0.6) is 0 Å². The quantitative estimate of drug-likeness (QED) is 0.144. The number of rotatable bonds is 22. The summed E-state index contributed by atoms with van der Waals surface area (Å²) in [5, 5.41) is 2.92. The summed E-state index contributed by atoms with van der Waals surface area (Å²) >= 11 is 0. The first-order chi connectivity index (χ1) is 16.2. The van der Waals surface area contributed by atoms with Gasteiger partial charge in [-0.1, -0.05) is 121 Å². The number of hydrogen-bond donors (Lipinski definition) is 1. The maximum absolute atomic E-state index is 11.9. The molecule has 1 aromatic carbocycles. The maximum atomic E-state index is 11.9. The summed E-state index contributed by atoms with van der Waals surface area (Å²) in [5.41, 5.74) is 1.25. The number of ether oxygens (including phenoxy) is 1. The van der Waals surface area contributed by atoms with Crippen LogP contribution in [0.25, 0.3) is 0 Å². The molecule has 0 aromatic heterocycles. The van der Waals surface area contributed by atoms with E-state index in [1.165, 1.54) is 89.0 Å². The molecule has 0 bridgehead atoms. The van der Waals surface area contributed by atoms with Gasteiger partial charge in [-0.3, -0.25) is 9.59 Å². The van der Waals surface area contributed by atoms with Crippen molar-refractivity contribution in [2.45, 2.75) is 122 Å². The van der Waals surface area contributed by atoms with Crippen molar-refractivity contribution in [1.82, 2.24) is 5.32 Å². The van der Waals surface area contributed by atoms with Crippen LogP contribution in [0.4, 0.5) is 0 Å². The van der Waals surface area contributed by atoms with Gasteiger partial charge in [-0.2, -0.15) is 0 Å². The second kappa shape index (κ2) is 22.0. The molecule has 0 heterocycles. The highest BCUT2D eigenvalue weighted by atomic mass is 16.5. The second-order valence-electron chi connectivity index (χ2n) is 9.26. The van der Waals surface area contributed by atoms with E-state index in [9.17, 15) is 9.59 Å². The fraction of sp³-hybridized carbons (Fsp3) is 0.724. The van der Waals surface area contributed by atoms with Gasteiger partial charge in [0.05, 0.1) is 13.0 Å². The molecule has 0 aliphatic heterocycles. The predicted molar refractivity (Wildman–Crippen MR) is 138 cm³/mol. The molecule has 0 unspecified atom stereocenters. The van der Waals surface area contributed by atoms with Crippen LogP contribution in [0.15, 0.2) is 30.3 Å². The number of hydrogen-bond acceptors (Lipinski definition) is 3. The van der Waals surface area contributed by atoms with E-state index in [1.807, 2.05) is 18.2 Å². The van der Waals surface area contributed by atoms with Crippen LogP contribution >= 0.6 is 0 Å². The van der Waals surface area contributed by atoms with E-state index >= 15 is 0 Å². The van der Waals surface area contributed by atoms with Crippen molar-refractivity contribution in [3.8, 4) is 0 Å². The Morgan fingerprint density at radius 2 is 1.24 bits per heavy atom. The highest BCUT2D eigenvalue weighted by Gasteiger charge is 2.07. The molecule has 1 amide bonds. The Morgan fingerprint density at radius 3 is 1.82 bits per heavy atom. The van der Waals surface area contributed by atoms with Crippen molar-refractivity contribution in [1.29, 1.82) is 0 Å². The number of unbranched alkanes of at least 4 members (excludes halogenated alkanes) is 13. The van der Waals surface area contributed by atoms with Gasteiger partial charge < -0.3 is 10.1 Å². The molecular formula is C29H49NO3. The molecule has 4 heteroatoms. The molecule has 0 saturated heterocycles. The topological polar surface area (TPSA) is 55.4 Å². The minimum absolute atomic E-state index is 0.0501. The van der Waals surface area contributed by atoms with Gasteiger partial charge >= 0.3 is 5.97 Å². The summed E-state index contributed by atoms with van der Waals surface area (Å²) < 4.78 is 5.23. The Bertz CT molecular complexity index is 588. The van der Waals surface area contributed by atoms with Gasteiger partial charge in [-0.25, -0.2) is 0 Å². The average molecular weight is 460 g/mol. The number of amides is 1. The van der Waals surface area contributed by atoms with Crippen molar-refractivity contribution in [2.24, 2.45) is 0 Å². The third kappa shape index (κ3) is 19.3. The van der Waals surface area contributed by atoms with Crippen molar-refractivity contribution in [3.63, 3.8) is 0 Å². The first kappa shape index (κ1) is 29.2. The average Bonchev–Trinajstić information content (AvgIpc) is 2.83. The van der Waals surface area contributed by atoms with E-state index in [0.29, 0.717) is 13.2 Å². The Hall–Kier alpha value is -1.84. The maximum Gasteiger partial charge on any atom is 0.306 e. The fourth-order valence-electron chi connectivity index (χ4n) is 4.03. The van der Waals surface area contributed by atoms with Crippen LogP contribution in [0.3, 0.4) is 0 Å². The molecule has 1 rings (SSSR count). The summed E-state index contributed by atoms with van der Waals surface area (Å²) in [6.07, 6.45) is 20.7. The van der Waals surface area contributed by atoms with Gasteiger partial charge in [0.1, 0.15) is 0 Å². The van der Waals surface area contributed by atoms with Gasteiger partial charge in [0.2, 0.25) is 5.91 Å². The standard InChI is InChI=1S/C29H49NO3/c1-2-3-4-5-6-7-8-9-10-11-12-13-14-18-25-30-28(31)23-24-29(32)33-26-19-22-27-20-16-15-17-21-27/h15-17,20-21H,2-14,18-19,22-26H2,1H3,(H,30,31). The smallest absolute Gasteiger partial charge is 0.306 e. The zero-order chi connectivity index (χ0) is 23.8. The van der Waals surface area contributed by atoms with Gasteiger partial charge in [0.25, 0.3) is 0 Å². The molecule has 1 aromatic rings. The predicted octanol–water partition coefficient (Wildman–Crippen LogP) is 7.54. The first-order valence-corrected chi connectivity index (χ1v) is 13.7. The number of carbonyl (C=O) groups excluding carboxylic acids is 2. The van der Waals surface area contributed by atoms with Crippen LogP contribution in [0.1, 0.15) is 122 Å². The van der Waals surface area contributed by atoms with Crippen LogP contribution in [-0.2, 0) is 20.7 Å². The molecule has 0 fully saturated rings. The number of carbonyl (C=O) groups is 2. The Labute approximate surface area is 203 Å². The molecule has 0 saturated carbocycles. The van der Waals surface area contributed by atoms with E-state index in [1.54, 1.807) is 0 Å². The summed E-state index contributed by atoms with van der Waals surface area (Å²) in [4.78, 5) is 23.6. The lowest BCUT2D eigenvalue weighted by Gasteiger charge is -2.07. The number of benzene rings is 1. The molecule has 33 heavy (non-hydrogen) atoms. The van der Waals surface area contributed by atoms with Gasteiger partial charge in [0, 0.05) is 13.0 Å². The zero-order valence-electron chi connectivity index (χ0n) is 21.3. The SMILES string of the molecule is CCCCCCCCCCCCCCCCNC(=O)CCC(=O)OCCCc1ccccc1. The molecule has 0 aliphatic rings. The van der Waals surface area contributed by atoms with Crippen molar-refractivity contribution < 1.29 is 14.3 Å².